The molecule has 0 saturated heterocycles. The van der Waals surface area contributed by atoms with Gasteiger partial charge < -0.3 is 10.2 Å². The number of nitrogens with zero attached hydrogens (tertiary/aromatic N) is 1. The maximum absolute atomic E-state index is 12.8. The molecule has 3 heteroatoms. The van der Waals surface area contributed by atoms with Gasteiger partial charge in [-0.3, -0.25) is 4.79 Å². The number of rotatable bonds is 5. The molecular formula is C24H24N2O. The van der Waals surface area contributed by atoms with E-state index in [4.69, 9.17) is 0 Å². The molecule has 27 heavy (non-hydrogen) atoms. The first-order valence-electron chi connectivity index (χ1n) is 9.47. The minimum Gasteiger partial charge on any atom is -0.359 e. The van der Waals surface area contributed by atoms with Gasteiger partial charge in [-0.05, 0) is 48.6 Å². The van der Waals surface area contributed by atoms with Crippen molar-refractivity contribution in [2.24, 2.45) is 0 Å². The van der Waals surface area contributed by atoms with E-state index < -0.39 is 0 Å². The second-order valence-corrected chi connectivity index (χ2v) is 7.18. The van der Waals surface area contributed by atoms with E-state index in [1.807, 2.05) is 42.5 Å². The van der Waals surface area contributed by atoms with Gasteiger partial charge in [-0.1, -0.05) is 66.7 Å². The number of anilines is 2. The van der Waals surface area contributed by atoms with E-state index in [9.17, 15) is 4.79 Å². The molecule has 0 radical (unpaired) electrons. The highest BCUT2D eigenvalue weighted by Gasteiger charge is 2.27. The molecule has 1 heterocycles. The van der Waals surface area contributed by atoms with E-state index >= 15 is 0 Å². The van der Waals surface area contributed by atoms with Crippen molar-refractivity contribution in [3.63, 3.8) is 0 Å². The summed E-state index contributed by atoms with van der Waals surface area (Å²) in [6, 6.07) is 27.1. The molecular weight excluding hydrogens is 332 g/mol. The fraction of sp³-hybridized carbons (Fsp3) is 0.208. The first-order valence-corrected chi connectivity index (χ1v) is 9.47. The molecule has 4 rings (SSSR count). The van der Waals surface area contributed by atoms with Crippen molar-refractivity contribution in [2.75, 3.05) is 16.8 Å². The Morgan fingerprint density at radius 2 is 1.67 bits per heavy atom. The number of carbonyl (C=O) groups excluding carboxylic acids is 1. The molecule has 1 aliphatic rings. The predicted molar refractivity (Wildman–Crippen MR) is 111 cm³/mol. The lowest BCUT2D eigenvalue weighted by atomic mass is 10.0. The maximum Gasteiger partial charge on any atom is 0.243 e. The minimum atomic E-state index is 0.0269. The second-order valence-electron chi connectivity index (χ2n) is 7.18. The Balaban J connectivity index is 1.48. The molecule has 3 nitrogen and oxygen atoms in total. The van der Waals surface area contributed by atoms with Gasteiger partial charge in [-0.15, -0.1) is 0 Å². The Hall–Kier alpha value is -3.07. The number of fused-ring (bicyclic) bond motifs is 1. The van der Waals surface area contributed by atoms with Crippen molar-refractivity contribution in [2.45, 2.75) is 25.8 Å². The highest BCUT2D eigenvalue weighted by atomic mass is 16.2. The summed E-state index contributed by atoms with van der Waals surface area (Å²) in [7, 11) is 0. The van der Waals surface area contributed by atoms with Gasteiger partial charge in [-0.25, -0.2) is 0 Å². The maximum atomic E-state index is 12.8. The van der Waals surface area contributed by atoms with Crippen LogP contribution in [0.2, 0.25) is 0 Å². The molecule has 0 spiro atoms. The van der Waals surface area contributed by atoms with Crippen LogP contribution in [-0.4, -0.2) is 18.5 Å². The molecule has 1 N–H and O–H groups in total. The number of para-hydroxylation sites is 2. The van der Waals surface area contributed by atoms with Crippen LogP contribution >= 0.6 is 0 Å². The smallest absolute Gasteiger partial charge is 0.243 e. The van der Waals surface area contributed by atoms with E-state index in [0.717, 1.165) is 24.1 Å². The third kappa shape index (κ3) is 3.87. The molecule has 3 aromatic rings. The Morgan fingerprint density at radius 3 is 2.52 bits per heavy atom. The average molecular weight is 356 g/mol. The van der Waals surface area contributed by atoms with Crippen molar-refractivity contribution in [1.29, 1.82) is 0 Å². The highest BCUT2D eigenvalue weighted by Crippen LogP contribution is 2.31. The van der Waals surface area contributed by atoms with Gasteiger partial charge in [0.15, 0.2) is 0 Å². The summed E-state index contributed by atoms with van der Waals surface area (Å²) in [6.45, 7) is 2.55. The zero-order valence-corrected chi connectivity index (χ0v) is 15.6. The monoisotopic (exact) mass is 356 g/mol. The van der Waals surface area contributed by atoms with E-state index in [2.05, 4.69) is 53.5 Å². The van der Waals surface area contributed by atoms with Crippen LogP contribution in [0.3, 0.4) is 0 Å². The molecule has 136 valence electrons. The average Bonchev–Trinajstić information content (AvgIpc) is 2.99. The molecule has 0 bridgehead atoms. The molecule has 3 aromatic carbocycles. The van der Waals surface area contributed by atoms with Crippen molar-refractivity contribution < 1.29 is 4.79 Å². The van der Waals surface area contributed by atoms with Crippen LogP contribution in [0, 0.1) is 0 Å². The Kier molecular flexibility index (Phi) is 4.93. The summed E-state index contributed by atoms with van der Waals surface area (Å²) in [5.74, 6) is 0.0269. The van der Waals surface area contributed by atoms with Gasteiger partial charge >= 0.3 is 0 Å². The van der Waals surface area contributed by atoms with Crippen LogP contribution in [0.1, 0.15) is 23.6 Å². The number of carbonyl (C=O) groups is 1. The van der Waals surface area contributed by atoms with Crippen LogP contribution in [-0.2, 0) is 17.6 Å². The molecule has 0 unspecified atom stereocenters. The van der Waals surface area contributed by atoms with Gasteiger partial charge in [0.25, 0.3) is 0 Å². The van der Waals surface area contributed by atoms with Crippen molar-refractivity contribution >= 4 is 17.3 Å². The summed E-state index contributed by atoms with van der Waals surface area (Å²) < 4.78 is 0. The summed E-state index contributed by atoms with van der Waals surface area (Å²) in [5, 5.41) is 3.13. The fourth-order valence-corrected chi connectivity index (χ4v) is 3.83. The summed E-state index contributed by atoms with van der Waals surface area (Å²) in [5.41, 5.74) is 5.76. The molecule has 1 aliphatic heterocycles. The van der Waals surface area contributed by atoms with E-state index in [1.165, 1.54) is 16.8 Å². The molecule has 0 saturated carbocycles. The topological polar surface area (TPSA) is 32.3 Å². The standard InChI is InChI=1S/C24H24N2O/c1-18-15-21-12-6-8-14-23(21)26(18)17-24(27)25-22-13-7-5-11-20(22)16-19-9-3-2-4-10-19/h2-14,18H,15-17H2,1H3,(H,25,27)/t18-/m0/s1. The minimum absolute atomic E-state index is 0.0269. The number of hydrogen-bond donors (Lipinski definition) is 1. The van der Waals surface area contributed by atoms with Gasteiger partial charge in [0.05, 0.1) is 6.54 Å². The van der Waals surface area contributed by atoms with Gasteiger partial charge in [0.2, 0.25) is 5.91 Å². The Labute approximate surface area is 160 Å². The number of amides is 1. The zero-order chi connectivity index (χ0) is 18.6. The molecule has 0 aromatic heterocycles. The normalized spacial score (nSPS) is 15.4. The van der Waals surface area contributed by atoms with E-state index in [0.29, 0.717) is 12.6 Å². The number of hydrogen-bond acceptors (Lipinski definition) is 2. The summed E-state index contributed by atoms with van der Waals surface area (Å²) in [4.78, 5) is 15.0. The van der Waals surface area contributed by atoms with Gasteiger partial charge in [0.1, 0.15) is 0 Å². The molecule has 1 atom stereocenters. The summed E-state index contributed by atoms with van der Waals surface area (Å²) >= 11 is 0. The van der Waals surface area contributed by atoms with Gasteiger partial charge in [-0.2, -0.15) is 0 Å². The Bertz CT molecular complexity index is 936. The highest BCUT2D eigenvalue weighted by molar-refractivity contribution is 5.95. The van der Waals surface area contributed by atoms with Crippen LogP contribution in [0.25, 0.3) is 0 Å². The van der Waals surface area contributed by atoms with E-state index in [-0.39, 0.29) is 5.91 Å². The number of benzene rings is 3. The fourth-order valence-electron chi connectivity index (χ4n) is 3.83. The lowest BCUT2D eigenvalue weighted by molar-refractivity contribution is -0.115. The molecule has 0 fully saturated rings. The lowest BCUT2D eigenvalue weighted by Gasteiger charge is -2.24. The van der Waals surface area contributed by atoms with Crippen LogP contribution in [0.15, 0.2) is 78.9 Å². The molecule has 1 amide bonds. The second kappa shape index (κ2) is 7.67. The first-order chi connectivity index (χ1) is 13.2. The third-order valence-electron chi connectivity index (χ3n) is 5.19. The van der Waals surface area contributed by atoms with Crippen molar-refractivity contribution in [1.82, 2.24) is 0 Å². The quantitative estimate of drug-likeness (QED) is 0.721. The zero-order valence-electron chi connectivity index (χ0n) is 15.6. The van der Waals surface area contributed by atoms with E-state index in [1.54, 1.807) is 0 Å². The number of nitrogens with one attached hydrogen (secondary N) is 1. The summed E-state index contributed by atoms with van der Waals surface area (Å²) in [6.07, 6.45) is 1.80. The first kappa shape index (κ1) is 17.3. The van der Waals surface area contributed by atoms with Crippen molar-refractivity contribution in [3.8, 4) is 0 Å². The van der Waals surface area contributed by atoms with Gasteiger partial charge in [0, 0.05) is 17.4 Å². The predicted octanol–water partition coefficient (Wildman–Crippen LogP) is 4.67. The van der Waals surface area contributed by atoms with Crippen LogP contribution in [0.5, 0.6) is 0 Å². The largest absolute Gasteiger partial charge is 0.359 e. The molecule has 0 aliphatic carbocycles. The van der Waals surface area contributed by atoms with Crippen LogP contribution in [0.4, 0.5) is 11.4 Å². The Morgan fingerprint density at radius 1 is 0.963 bits per heavy atom. The van der Waals surface area contributed by atoms with Crippen molar-refractivity contribution in [3.05, 3.63) is 95.6 Å². The van der Waals surface area contributed by atoms with Crippen LogP contribution < -0.4 is 10.2 Å². The SMILES string of the molecule is C[C@H]1Cc2ccccc2N1CC(=O)Nc1ccccc1Cc1ccccc1. The third-order valence-corrected chi connectivity index (χ3v) is 5.19. The lowest BCUT2D eigenvalue weighted by Crippen LogP contribution is -2.37.